The van der Waals surface area contributed by atoms with Gasteiger partial charge in [0.1, 0.15) is 12.2 Å². The van der Waals surface area contributed by atoms with Crippen molar-refractivity contribution in [2.24, 2.45) is 5.92 Å². The third kappa shape index (κ3) is 4.14. The van der Waals surface area contributed by atoms with E-state index in [1.165, 1.54) is 0 Å². The van der Waals surface area contributed by atoms with Crippen LogP contribution in [0.15, 0.2) is 47.6 Å². The van der Waals surface area contributed by atoms with Gasteiger partial charge < -0.3 is 19.7 Å². The normalized spacial score (nSPS) is 35.3. The van der Waals surface area contributed by atoms with Crippen molar-refractivity contribution in [2.45, 2.75) is 58.0 Å². The SMILES string of the molecule is C=C1C(=O)O[C@H]2/C=C(/C)[C@@H](O)C[C@H](O)C(=C)C[C@@H](OC(=O)/C(C)=C\C)[C@@H]12. The van der Waals surface area contributed by atoms with Crippen molar-refractivity contribution in [3.63, 3.8) is 0 Å². The van der Waals surface area contributed by atoms with E-state index >= 15 is 0 Å². The van der Waals surface area contributed by atoms with Crippen LogP contribution < -0.4 is 0 Å². The molecule has 0 amide bonds. The third-order valence-electron chi connectivity index (χ3n) is 5.01. The van der Waals surface area contributed by atoms with Crippen LogP contribution in [-0.2, 0) is 19.1 Å². The minimum Gasteiger partial charge on any atom is -0.458 e. The molecule has 2 rings (SSSR count). The van der Waals surface area contributed by atoms with E-state index in [1.54, 1.807) is 32.9 Å². The fourth-order valence-corrected chi connectivity index (χ4v) is 3.10. The molecule has 0 radical (unpaired) electrons. The van der Waals surface area contributed by atoms with Gasteiger partial charge in [0, 0.05) is 24.0 Å². The highest BCUT2D eigenvalue weighted by molar-refractivity contribution is 5.92. The Labute approximate surface area is 153 Å². The first-order valence-corrected chi connectivity index (χ1v) is 8.61. The summed E-state index contributed by atoms with van der Waals surface area (Å²) >= 11 is 0. The van der Waals surface area contributed by atoms with Gasteiger partial charge in [0.25, 0.3) is 0 Å². The number of allylic oxidation sites excluding steroid dienone is 1. The van der Waals surface area contributed by atoms with Crippen LogP contribution >= 0.6 is 0 Å². The summed E-state index contributed by atoms with van der Waals surface area (Å²) in [4.78, 5) is 24.3. The Morgan fingerprint density at radius 3 is 2.62 bits per heavy atom. The molecule has 5 atom stereocenters. The number of fused-ring (bicyclic) bond motifs is 1. The van der Waals surface area contributed by atoms with Gasteiger partial charge in [0.2, 0.25) is 0 Å². The van der Waals surface area contributed by atoms with E-state index < -0.39 is 42.3 Å². The van der Waals surface area contributed by atoms with Crippen LogP contribution in [0.25, 0.3) is 0 Å². The summed E-state index contributed by atoms with van der Waals surface area (Å²) in [5.41, 5.74) is 1.61. The van der Waals surface area contributed by atoms with Crippen LogP contribution in [0.3, 0.4) is 0 Å². The van der Waals surface area contributed by atoms with Crippen molar-refractivity contribution in [3.05, 3.63) is 47.6 Å². The molecule has 2 aliphatic rings. The van der Waals surface area contributed by atoms with Crippen LogP contribution in [-0.4, -0.2) is 46.6 Å². The van der Waals surface area contributed by atoms with E-state index in [4.69, 9.17) is 9.47 Å². The number of carbonyl (C=O) groups excluding carboxylic acids is 2. The molecule has 1 heterocycles. The van der Waals surface area contributed by atoms with Gasteiger partial charge in [-0.2, -0.15) is 0 Å². The lowest BCUT2D eigenvalue weighted by Crippen LogP contribution is -2.36. The van der Waals surface area contributed by atoms with E-state index in [0.717, 1.165) is 0 Å². The van der Waals surface area contributed by atoms with Crippen LogP contribution in [0.2, 0.25) is 0 Å². The predicted octanol–water partition coefficient (Wildman–Crippen LogP) is 1.98. The first kappa shape index (κ1) is 20.1. The van der Waals surface area contributed by atoms with Gasteiger partial charge in [-0.15, -0.1) is 0 Å². The molecule has 142 valence electrons. The number of hydrogen-bond donors (Lipinski definition) is 2. The highest BCUT2D eigenvalue weighted by Gasteiger charge is 2.45. The van der Waals surface area contributed by atoms with Gasteiger partial charge in [0.15, 0.2) is 0 Å². The fraction of sp³-hybridized carbons (Fsp3) is 0.500. The number of hydrogen-bond acceptors (Lipinski definition) is 6. The zero-order valence-corrected chi connectivity index (χ0v) is 15.4. The molecule has 1 fully saturated rings. The average Bonchev–Trinajstić information content (AvgIpc) is 2.86. The monoisotopic (exact) mass is 362 g/mol. The van der Waals surface area contributed by atoms with E-state index in [9.17, 15) is 19.8 Å². The molecule has 1 aliphatic carbocycles. The standard InChI is InChI=1S/C20H26O6/c1-6-10(2)19(23)25-16-7-11(3)14(21)9-15(22)12(4)8-17-18(16)13(5)20(24)26-17/h6,8,14-18,21-22H,3,5,7,9H2,1-2,4H3/b10-6-,12-8-/t14-,15-,16+,17-,18+/m0/s1. The molecule has 1 aliphatic heterocycles. The number of rotatable bonds is 2. The summed E-state index contributed by atoms with van der Waals surface area (Å²) in [5, 5.41) is 20.5. The van der Waals surface area contributed by atoms with E-state index in [0.29, 0.717) is 16.7 Å². The molecule has 0 saturated carbocycles. The number of carbonyl (C=O) groups is 2. The molecule has 1 saturated heterocycles. The van der Waals surface area contributed by atoms with Gasteiger partial charge in [-0.25, -0.2) is 9.59 Å². The van der Waals surface area contributed by atoms with Crippen molar-refractivity contribution >= 4 is 11.9 Å². The van der Waals surface area contributed by atoms with E-state index in [-0.39, 0.29) is 18.4 Å². The van der Waals surface area contributed by atoms with Crippen molar-refractivity contribution in [1.29, 1.82) is 0 Å². The third-order valence-corrected chi connectivity index (χ3v) is 5.01. The van der Waals surface area contributed by atoms with Crippen LogP contribution in [0.1, 0.15) is 33.6 Å². The lowest BCUT2D eigenvalue weighted by Gasteiger charge is -2.30. The van der Waals surface area contributed by atoms with Crippen LogP contribution in [0.4, 0.5) is 0 Å². The molecule has 26 heavy (non-hydrogen) atoms. The van der Waals surface area contributed by atoms with Gasteiger partial charge >= 0.3 is 11.9 Å². The van der Waals surface area contributed by atoms with Crippen LogP contribution in [0.5, 0.6) is 0 Å². The molecule has 6 heteroatoms. The maximum absolute atomic E-state index is 12.3. The second-order valence-electron chi connectivity index (χ2n) is 6.88. The minimum atomic E-state index is -0.958. The summed E-state index contributed by atoms with van der Waals surface area (Å²) in [7, 11) is 0. The molecule has 6 nitrogen and oxygen atoms in total. The van der Waals surface area contributed by atoms with Crippen molar-refractivity contribution in [3.8, 4) is 0 Å². The molecule has 0 unspecified atom stereocenters. The van der Waals surface area contributed by atoms with Gasteiger partial charge in [-0.05, 0) is 38.0 Å². The Kier molecular flexibility index (Phi) is 6.21. The van der Waals surface area contributed by atoms with Crippen molar-refractivity contribution < 1.29 is 29.3 Å². The van der Waals surface area contributed by atoms with E-state index in [1.807, 2.05) is 0 Å². The highest BCUT2D eigenvalue weighted by atomic mass is 16.6. The van der Waals surface area contributed by atoms with Gasteiger partial charge in [-0.1, -0.05) is 19.2 Å². The predicted molar refractivity (Wildman–Crippen MR) is 96.0 cm³/mol. The average molecular weight is 362 g/mol. The smallest absolute Gasteiger partial charge is 0.334 e. The summed E-state index contributed by atoms with van der Waals surface area (Å²) in [6.07, 6.45) is 0.173. The molecule has 0 bridgehead atoms. The lowest BCUT2D eigenvalue weighted by molar-refractivity contribution is -0.147. The quantitative estimate of drug-likeness (QED) is 0.443. The zero-order valence-electron chi connectivity index (χ0n) is 15.4. The molecule has 0 aromatic carbocycles. The summed E-state index contributed by atoms with van der Waals surface area (Å²) < 4.78 is 11.0. The molecule has 2 N–H and O–H groups in total. The highest BCUT2D eigenvalue weighted by Crippen LogP contribution is 2.37. The number of ether oxygens (including phenoxy) is 2. The molecular formula is C20H26O6. The summed E-state index contributed by atoms with van der Waals surface area (Å²) in [6, 6.07) is 0. The molecule has 0 aromatic rings. The number of esters is 2. The Morgan fingerprint density at radius 2 is 2.00 bits per heavy atom. The summed E-state index contributed by atoms with van der Waals surface area (Å²) in [5.74, 6) is -1.68. The molecule has 0 aromatic heterocycles. The molecular weight excluding hydrogens is 336 g/mol. The second-order valence-corrected chi connectivity index (χ2v) is 6.88. The second kappa shape index (κ2) is 8.01. The molecule has 0 spiro atoms. The topological polar surface area (TPSA) is 93.1 Å². The maximum atomic E-state index is 12.3. The largest absolute Gasteiger partial charge is 0.458 e. The zero-order chi connectivity index (χ0) is 19.6. The van der Waals surface area contributed by atoms with Crippen molar-refractivity contribution in [2.75, 3.05) is 0 Å². The Balaban J connectivity index is 2.45. The van der Waals surface area contributed by atoms with E-state index in [2.05, 4.69) is 13.2 Å². The maximum Gasteiger partial charge on any atom is 0.334 e. The summed E-state index contributed by atoms with van der Waals surface area (Å²) in [6.45, 7) is 12.7. The van der Waals surface area contributed by atoms with Crippen LogP contribution in [0, 0.1) is 5.92 Å². The number of aliphatic hydroxyl groups is 2. The first-order valence-electron chi connectivity index (χ1n) is 8.61. The Bertz CT molecular complexity index is 686. The Morgan fingerprint density at radius 1 is 1.35 bits per heavy atom. The number of aliphatic hydroxyl groups excluding tert-OH is 2. The fourth-order valence-electron chi connectivity index (χ4n) is 3.10. The van der Waals surface area contributed by atoms with Gasteiger partial charge in [-0.3, -0.25) is 0 Å². The lowest BCUT2D eigenvalue weighted by atomic mass is 9.83. The first-order chi connectivity index (χ1) is 12.1. The van der Waals surface area contributed by atoms with Gasteiger partial charge in [0.05, 0.1) is 18.1 Å². The minimum absolute atomic E-state index is 0.0714. The van der Waals surface area contributed by atoms with Crippen molar-refractivity contribution in [1.82, 2.24) is 0 Å². The Hall–Kier alpha value is -2.18.